The highest BCUT2D eigenvalue weighted by Crippen LogP contribution is 2.21. The lowest BCUT2D eigenvalue weighted by Gasteiger charge is -2.38. The SMILES string of the molecule is CS(=O)(=O)N(Cc1cccnc1)C1CCCN(Cc2ccccn2)C1. The molecule has 0 N–H and O–H groups in total. The smallest absolute Gasteiger partial charge is 0.211 e. The average molecular weight is 360 g/mol. The Morgan fingerprint density at radius 3 is 2.80 bits per heavy atom. The van der Waals surface area contributed by atoms with Crippen LogP contribution in [0.4, 0.5) is 0 Å². The summed E-state index contributed by atoms with van der Waals surface area (Å²) in [5.41, 5.74) is 1.93. The quantitative estimate of drug-likeness (QED) is 0.787. The van der Waals surface area contributed by atoms with Crippen molar-refractivity contribution in [3.05, 3.63) is 60.2 Å². The van der Waals surface area contributed by atoms with Crippen LogP contribution in [0.5, 0.6) is 0 Å². The Kier molecular flexibility index (Phi) is 5.78. The Labute approximate surface area is 149 Å². The standard InChI is InChI=1S/C18H24N4O2S/c1-25(23,24)22(13-16-6-4-9-19-12-16)18-8-5-11-21(15-18)14-17-7-2-3-10-20-17/h2-4,6-7,9-10,12,18H,5,8,11,13-15H2,1H3. The molecule has 1 aliphatic rings. The molecule has 7 heteroatoms. The molecule has 2 aromatic rings. The van der Waals surface area contributed by atoms with Crippen LogP contribution in [-0.4, -0.2) is 53.0 Å². The summed E-state index contributed by atoms with van der Waals surface area (Å²) in [7, 11) is -3.30. The lowest BCUT2D eigenvalue weighted by molar-refractivity contribution is 0.138. The summed E-state index contributed by atoms with van der Waals surface area (Å²) in [5.74, 6) is 0. The normalized spacial score (nSPS) is 19.2. The van der Waals surface area contributed by atoms with Crippen LogP contribution in [0.15, 0.2) is 48.9 Å². The minimum atomic E-state index is -3.30. The van der Waals surface area contributed by atoms with Crippen molar-refractivity contribution in [2.75, 3.05) is 19.3 Å². The summed E-state index contributed by atoms with van der Waals surface area (Å²) in [6.45, 7) is 2.82. The van der Waals surface area contributed by atoms with Gasteiger partial charge in [-0.25, -0.2) is 8.42 Å². The minimum absolute atomic E-state index is 0.0207. The molecule has 0 aromatic carbocycles. The fourth-order valence-corrected chi connectivity index (χ4v) is 4.42. The van der Waals surface area contributed by atoms with Crippen LogP contribution in [0.3, 0.4) is 0 Å². The number of nitrogens with zero attached hydrogens (tertiary/aromatic N) is 4. The lowest BCUT2D eigenvalue weighted by atomic mass is 10.0. The molecule has 134 valence electrons. The molecule has 0 aliphatic carbocycles. The van der Waals surface area contributed by atoms with E-state index >= 15 is 0 Å². The van der Waals surface area contributed by atoms with E-state index in [1.54, 1.807) is 22.9 Å². The van der Waals surface area contributed by atoms with Crippen molar-refractivity contribution in [1.82, 2.24) is 19.2 Å². The van der Waals surface area contributed by atoms with Crippen LogP contribution in [0.2, 0.25) is 0 Å². The van der Waals surface area contributed by atoms with E-state index in [2.05, 4.69) is 14.9 Å². The van der Waals surface area contributed by atoms with Gasteiger partial charge in [-0.05, 0) is 43.1 Å². The van der Waals surface area contributed by atoms with Gasteiger partial charge in [0.15, 0.2) is 0 Å². The van der Waals surface area contributed by atoms with Gasteiger partial charge in [-0.3, -0.25) is 14.9 Å². The van der Waals surface area contributed by atoms with Gasteiger partial charge in [0.2, 0.25) is 10.0 Å². The molecular formula is C18H24N4O2S. The number of rotatable bonds is 6. The number of likely N-dealkylation sites (tertiary alicyclic amines) is 1. The Balaban J connectivity index is 1.72. The van der Waals surface area contributed by atoms with Crippen LogP contribution in [0, 0.1) is 0 Å². The van der Waals surface area contributed by atoms with E-state index in [4.69, 9.17) is 0 Å². The van der Waals surface area contributed by atoms with Crippen molar-refractivity contribution in [3.63, 3.8) is 0 Å². The van der Waals surface area contributed by atoms with Gasteiger partial charge in [0, 0.05) is 44.3 Å². The Hall–Kier alpha value is -1.83. The molecule has 1 unspecified atom stereocenters. The van der Waals surface area contributed by atoms with Crippen LogP contribution >= 0.6 is 0 Å². The first-order valence-electron chi connectivity index (χ1n) is 8.50. The second-order valence-corrected chi connectivity index (χ2v) is 8.46. The van der Waals surface area contributed by atoms with E-state index < -0.39 is 10.0 Å². The highest BCUT2D eigenvalue weighted by Gasteiger charge is 2.31. The molecule has 1 saturated heterocycles. The van der Waals surface area contributed by atoms with Crippen LogP contribution in [0.25, 0.3) is 0 Å². The zero-order chi connectivity index (χ0) is 17.7. The van der Waals surface area contributed by atoms with Crippen molar-refractivity contribution in [2.24, 2.45) is 0 Å². The fourth-order valence-electron chi connectivity index (χ4n) is 3.32. The summed E-state index contributed by atoms with van der Waals surface area (Å²) in [5, 5.41) is 0. The van der Waals surface area contributed by atoms with E-state index in [9.17, 15) is 8.42 Å². The molecule has 0 spiro atoms. The molecule has 0 saturated carbocycles. The molecule has 2 aromatic heterocycles. The molecule has 1 atom stereocenters. The van der Waals surface area contributed by atoms with Gasteiger partial charge in [-0.15, -0.1) is 0 Å². The first-order valence-corrected chi connectivity index (χ1v) is 10.4. The fraction of sp³-hybridized carbons (Fsp3) is 0.444. The largest absolute Gasteiger partial charge is 0.296 e. The zero-order valence-corrected chi connectivity index (χ0v) is 15.3. The van der Waals surface area contributed by atoms with Crippen LogP contribution < -0.4 is 0 Å². The van der Waals surface area contributed by atoms with Crippen LogP contribution in [-0.2, 0) is 23.1 Å². The van der Waals surface area contributed by atoms with Gasteiger partial charge in [0.1, 0.15) is 0 Å². The average Bonchev–Trinajstić information content (AvgIpc) is 2.61. The van der Waals surface area contributed by atoms with E-state index in [-0.39, 0.29) is 6.04 Å². The van der Waals surface area contributed by atoms with E-state index in [0.29, 0.717) is 6.54 Å². The van der Waals surface area contributed by atoms with Crippen LogP contribution in [0.1, 0.15) is 24.1 Å². The maximum atomic E-state index is 12.4. The van der Waals surface area contributed by atoms with Crippen molar-refractivity contribution >= 4 is 10.0 Å². The molecule has 25 heavy (non-hydrogen) atoms. The van der Waals surface area contributed by atoms with E-state index in [1.807, 2.05) is 30.3 Å². The number of sulfonamides is 1. The predicted octanol–water partition coefficient (Wildman–Crippen LogP) is 1.90. The highest BCUT2D eigenvalue weighted by molar-refractivity contribution is 7.88. The van der Waals surface area contributed by atoms with Gasteiger partial charge < -0.3 is 0 Å². The van der Waals surface area contributed by atoms with E-state index in [1.165, 1.54) is 6.26 Å². The molecule has 0 amide bonds. The van der Waals surface area contributed by atoms with Crippen molar-refractivity contribution < 1.29 is 8.42 Å². The Bertz CT molecular complexity index is 768. The number of pyridine rings is 2. The summed E-state index contributed by atoms with van der Waals surface area (Å²) >= 11 is 0. The molecule has 1 aliphatic heterocycles. The molecular weight excluding hydrogens is 336 g/mol. The molecule has 1 fully saturated rings. The summed E-state index contributed by atoms with van der Waals surface area (Å²) < 4.78 is 26.4. The molecule has 0 bridgehead atoms. The third-order valence-corrected chi connectivity index (χ3v) is 5.77. The lowest BCUT2D eigenvalue weighted by Crippen LogP contribution is -2.49. The number of aromatic nitrogens is 2. The summed E-state index contributed by atoms with van der Waals surface area (Å²) in [4.78, 5) is 10.8. The molecule has 6 nitrogen and oxygen atoms in total. The van der Waals surface area contributed by atoms with E-state index in [0.717, 1.165) is 43.7 Å². The first-order chi connectivity index (χ1) is 12.0. The zero-order valence-electron chi connectivity index (χ0n) is 14.5. The number of hydrogen-bond acceptors (Lipinski definition) is 5. The third-order valence-electron chi connectivity index (χ3n) is 4.49. The van der Waals surface area contributed by atoms with Gasteiger partial charge in [0.05, 0.1) is 11.9 Å². The number of hydrogen-bond donors (Lipinski definition) is 0. The maximum absolute atomic E-state index is 12.4. The first kappa shape index (κ1) is 18.0. The Morgan fingerprint density at radius 1 is 1.24 bits per heavy atom. The van der Waals surface area contributed by atoms with Gasteiger partial charge in [-0.2, -0.15) is 4.31 Å². The van der Waals surface area contributed by atoms with Crippen molar-refractivity contribution in [2.45, 2.75) is 32.0 Å². The predicted molar refractivity (Wildman–Crippen MR) is 97.2 cm³/mol. The van der Waals surface area contributed by atoms with Crippen molar-refractivity contribution in [3.8, 4) is 0 Å². The third kappa shape index (κ3) is 5.07. The highest BCUT2D eigenvalue weighted by atomic mass is 32.2. The van der Waals surface area contributed by atoms with Crippen molar-refractivity contribution in [1.29, 1.82) is 0 Å². The summed E-state index contributed by atoms with van der Waals surface area (Å²) in [6, 6.07) is 9.63. The molecule has 0 radical (unpaired) electrons. The van der Waals surface area contributed by atoms with Gasteiger partial charge in [0.25, 0.3) is 0 Å². The second kappa shape index (κ2) is 8.03. The second-order valence-electron chi connectivity index (χ2n) is 6.52. The summed E-state index contributed by atoms with van der Waals surface area (Å²) in [6.07, 6.45) is 8.38. The topological polar surface area (TPSA) is 66.4 Å². The van der Waals surface area contributed by atoms with Gasteiger partial charge in [-0.1, -0.05) is 12.1 Å². The Morgan fingerprint density at radius 2 is 2.12 bits per heavy atom. The molecule has 3 rings (SSSR count). The minimum Gasteiger partial charge on any atom is -0.296 e. The maximum Gasteiger partial charge on any atom is 0.211 e. The monoisotopic (exact) mass is 360 g/mol. The molecule has 3 heterocycles. The number of piperidine rings is 1. The van der Waals surface area contributed by atoms with Gasteiger partial charge >= 0.3 is 0 Å².